The lowest BCUT2D eigenvalue weighted by atomic mass is 9.92. The second-order valence-corrected chi connectivity index (χ2v) is 9.81. The summed E-state index contributed by atoms with van der Waals surface area (Å²) in [7, 11) is 4.01. The Morgan fingerprint density at radius 2 is 1.92 bits per heavy atom. The van der Waals surface area contributed by atoms with E-state index in [1.807, 2.05) is 44.6 Å². The topological polar surface area (TPSA) is 105 Å². The zero-order valence-corrected chi connectivity index (χ0v) is 21.0. The smallest absolute Gasteiger partial charge is 0.253 e. The predicted octanol–water partition coefficient (Wildman–Crippen LogP) is 3.56. The van der Waals surface area contributed by atoms with Crippen LogP contribution in [0, 0.1) is 6.92 Å². The van der Waals surface area contributed by atoms with Crippen LogP contribution < -0.4 is 5.32 Å². The lowest BCUT2D eigenvalue weighted by Gasteiger charge is -2.21. The largest absolute Gasteiger partial charge is 0.347 e. The van der Waals surface area contributed by atoms with E-state index >= 15 is 0 Å². The average Bonchev–Trinajstić information content (AvgIpc) is 3.62. The number of amides is 1. The third-order valence-electron chi connectivity index (χ3n) is 7.02. The number of aryl methyl sites for hydroxylation is 2. The molecule has 1 aliphatic rings. The lowest BCUT2D eigenvalue weighted by molar-refractivity contribution is 0.0935. The molecule has 9 nitrogen and oxygen atoms in total. The first-order chi connectivity index (χ1) is 17.9. The van der Waals surface area contributed by atoms with Crippen molar-refractivity contribution in [2.24, 2.45) is 7.05 Å². The summed E-state index contributed by atoms with van der Waals surface area (Å²) in [5.41, 5.74) is 7.16. The van der Waals surface area contributed by atoms with Crippen LogP contribution >= 0.6 is 0 Å². The maximum Gasteiger partial charge on any atom is 0.253 e. The van der Waals surface area contributed by atoms with Gasteiger partial charge >= 0.3 is 0 Å². The van der Waals surface area contributed by atoms with E-state index in [0.29, 0.717) is 11.2 Å². The van der Waals surface area contributed by atoms with E-state index in [9.17, 15) is 4.79 Å². The zero-order chi connectivity index (χ0) is 25.5. The molecule has 5 heterocycles. The Labute approximate surface area is 214 Å². The van der Waals surface area contributed by atoms with Crippen LogP contribution in [0.2, 0.25) is 0 Å². The van der Waals surface area contributed by atoms with Crippen molar-refractivity contribution in [3.05, 3.63) is 84.1 Å². The van der Waals surface area contributed by atoms with Crippen LogP contribution in [-0.4, -0.2) is 66.9 Å². The Bertz CT molecular complexity index is 1600. The molecular weight excluding hydrogens is 464 g/mol. The lowest BCUT2D eigenvalue weighted by Crippen LogP contribution is -2.39. The Kier molecular flexibility index (Phi) is 5.77. The number of carbonyl (C=O) groups excluding carboxylic acids is 1. The van der Waals surface area contributed by atoms with Gasteiger partial charge in [-0.15, -0.1) is 0 Å². The van der Waals surface area contributed by atoms with E-state index < -0.39 is 0 Å². The molecule has 4 aromatic heterocycles. The van der Waals surface area contributed by atoms with Crippen molar-refractivity contribution in [3.63, 3.8) is 0 Å². The Hall–Kier alpha value is -4.37. The van der Waals surface area contributed by atoms with Gasteiger partial charge in [0.25, 0.3) is 5.91 Å². The summed E-state index contributed by atoms with van der Waals surface area (Å²) in [4.78, 5) is 24.4. The summed E-state index contributed by atoms with van der Waals surface area (Å²) in [5.74, 6) is 0.0349. The van der Waals surface area contributed by atoms with E-state index in [1.165, 1.54) is 5.56 Å². The normalized spacial score (nSPS) is 17.9. The van der Waals surface area contributed by atoms with Gasteiger partial charge in [-0.25, -0.2) is 4.98 Å². The van der Waals surface area contributed by atoms with Crippen LogP contribution in [0.4, 0.5) is 0 Å². The molecule has 0 aliphatic carbocycles. The second kappa shape index (κ2) is 9.25. The van der Waals surface area contributed by atoms with Gasteiger partial charge in [0.05, 0.1) is 11.8 Å². The van der Waals surface area contributed by atoms with E-state index in [0.717, 1.165) is 46.6 Å². The number of benzene rings is 1. The Morgan fingerprint density at radius 3 is 2.73 bits per heavy atom. The van der Waals surface area contributed by atoms with E-state index in [2.05, 4.69) is 66.8 Å². The summed E-state index contributed by atoms with van der Waals surface area (Å²) in [5, 5.41) is 15.8. The van der Waals surface area contributed by atoms with Crippen LogP contribution in [0.1, 0.15) is 27.5 Å². The number of likely N-dealkylation sites (tertiary alicyclic amines) is 1. The SMILES string of the molecule is Cc1cc(-c2n[nH]c3ncc(C(=O)N[C@H]4CN(C)C[C@@H]4c4cccc(-c5cnn(C)c5)c4)cc23)ccn1. The number of carbonyl (C=O) groups is 1. The van der Waals surface area contributed by atoms with Gasteiger partial charge in [0.15, 0.2) is 5.65 Å². The number of likely N-dealkylation sites (N-methyl/N-ethyl adjacent to an activating group) is 1. The summed E-state index contributed by atoms with van der Waals surface area (Å²) in [6, 6.07) is 14.3. The third-order valence-corrected chi connectivity index (χ3v) is 7.02. The summed E-state index contributed by atoms with van der Waals surface area (Å²) in [6.45, 7) is 3.58. The molecule has 5 aromatic rings. The number of hydrogen-bond donors (Lipinski definition) is 2. The van der Waals surface area contributed by atoms with Crippen LogP contribution in [0.25, 0.3) is 33.4 Å². The number of nitrogens with zero attached hydrogens (tertiary/aromatic N) is 6. The third kappa shape index (κ3) is 4.49. The van der Waals surface area contributed by atoms with Gasteiger partial charge in [0.1, 0.15) is 5.69 Å². The van der Waals surface area contributed by atoms with Gasteiger partial charge in [-0.05, 0) is 43.3 Å². The molecule has 1 amide bonds. The maximum absolute atomic E-state index is 13.4. The van der Waals surface area contributed by atoms with Crippen molar-refractivity contribution in [2.45, 2.75) is 18.9 Å². The first-order valence-corrected chi connectivity index (χ1v) is 12.3. The molecule has 0 unspecified atom stereocenters. The quantitative estimate of drug-likeness (QED) is 0.389. The maximum atomic E-state index is 13.4. The number of hydrogen-bond acceptors (Lipinski definition) is 6. The highest BCUT2D eigenvalue weighted by atomic mass is 16.1. The molecule has 37 heavy (non-hydrogen) atoms. The predicted molar refractivity (Wildman–Crippen MR) is 142 cm³/mol. The van der Waals surface area contributed by atoms with Gasteiger partial charge in [-0.3, -0.25) is 19.6 Å². The minimum Gasteiger partial charge on any atom is -0.347 e. The highest BCUT2D eigenvalue weighted by Crippen LogP contribution is 2.31. The van der Waals surface area contributed by atoms with Crippen molar-refractivity contribution in [1.82, 2.24) is 40.2 Å². The fraction of sp³-hybridized carbons (Fsp3) is 0.250. The molecule has 0 saturated carbocycles. The monoisotopic (exact) mass is 492 g/mol. The summed E-state index contributed by atoms with van der Waals surface area (Å²) >= 11 is 0. The number of aromatic amines is 1. The first-order valence-electron chi connectivity index (χ1n) is 12.3. The highest BCUT2D eigenvalue weighted by Gasteiger charge is 2.33. The van der Waals surface area contributed by atoms with Crippen molar-refractivity contribution in [2.75, 3.05) is 20.1 Å². The molecule has 1 saturated heterocycles. The second-order valence-electron chi connectivity index (χ2n) is 9.81. The van der Waals surface area contributed by atoms with Crippen LogP contribution in [0.15, 0.2) is 67.3 Å². The standard InChI is InChI=1S/C28H28N8O/c1-17-9-20(7-8-29-17)26-23-11-21(12-30-27(23)34-33-26)28(37)32-25-16-35(2)15-24(25)19-6-4-5-18(10-19)22-13-31-36(3)14-22/h4-14,24-25H,15-16H2,1-3H3,(H,32,37)(H,30,33,34)/t24-,25+/m1/s1. The van der Waals surface area contributed by atoms with Gasteiger partial charge in [-0.1, -0.05) is 24.3 Å². The molecule has 6 rings (SSSR count). The minimum atomic E-state index is -0.138. The van der Waals surface area contributed by atoms with Gasteiger partial charge in [0, 0.05) is 72.9 Å². The number of rotatable bonds is 5. The molecule has 186 valence electrons. The molecule has 9 heteroatoms. The number of nitrogens with one attached hydrogen (secondary N) is 2. The molecule has 0 bridgehead atoms. The number of aromatic nitrogens is 6. The van der Waals surface area contributed by atoms with Gasteiger partial charge in [-0.2, -0.15) is 10.2 Å². The number of fused-ring (bicyclic) bond motifs is 1. The van der Waals surface area contributed by atoms with Gasteiger partial charge < -0.3 is 10.2 Å². The molecule has 0 spiro atoms. The molecule has 2 N–H and O–H groups in total. The minimum absolute atomic E-state index is 0.0241. The van der Waals surface area contributed by atoms with Crippen molar-refractivity contribution >= 4 is 16.9 Å². The molecule has 1 aromatic carbocycles. The van der Waals surface area contributed by atoms with E-state index in [-0.39, 0.29) is 17.9 Å². The Balaban J connectivity index is 1.26. The summed E-state index contributed by atoms with van der Waals surface area (Å²) < 4.78 is 1.81. The highest BCUT2D eigenvalue weighted by molar-refractivity contribution is 6.00. The van der Waals surface area contributed by atoms with Crippen LogP contribution in [0.5, 0.6) is 0 Å². The fourth-order valence-electron chi connectivity index (χ4n) is 5.20. The van der Waals surface area contributed by atoms with Crippen molar-refractivity contribution in [3.8, 4) is 22.4 Å². The number of H-pyrrole nitrogens is 1. The molecule has 1 aliphatic heterocycles. The number of pyridine rings is 2. The van der Waals surface area contributed by atoms with Crippen LogP contribution in [0.3, 0.4) is 0 Å². The van der Waals surface area contributed by atoms with Crippen molar-refractivity contribution in [1.29, 1.82) is 0 Å². The average molecular weight is 493 g/mol. The summed E-state index contributed by atoms with van der Waals surface area (Å²) in [6.07, 6.45) is 7.25. The van der Waals surface area contributed by atoms with E-state index in [1.54, 1.807) is 17.1 Å². The zero-order valence-electron chi connectivity index (χ0n) is 21.0. The van der Waals surface area contributed by atoms with Gasteiger partial charge in [0.2, 0.25) is 0 Å². The van der Waals surface area contributed by atoms with E-state index in [4.69, 9.17) is 0 Å². The Morgan fingerprint density at radius 1 is 1.03 bits per heavy atom. The van der Waals surface area contributed by atoms with Crippen molar-refractivity contribution < 1.29 is 4.79 Å². The fourth-order valence-corrected chi connectivity index (χ4v) is 5.20. The molecular formula is C28H28N8O. The molecule has 1 fully saturated rings. The first kappa shape index (κ1) is 23.1. The van der Waals surface area contributed by atoms with Crippen LogP contribution in [-0.2, 0) is 7.05 Å². The molecule has 0 radical (unpaired) electrons. The molecule has 2 atom stereocenters.